The van der Waals surface area contributed by atoms with Gasteiger partial charge in [-0.1, -0.05) is 18.2 Å². The lowest BCUT2D eigenvalue weighted by atomic mass is 10.3. The molecule has 1 aliphatic rings. The van der Waals surface area contributed by atoms with E-state index in [1.807, 2.05) is 48.9 Å². The van der Waals surface area contributed by atoms with Gasteiger partial charge in [0.05, 0.1) is 27.7 Å². The van der Waals surface area contributed by atoms with Crippen LogP contribution in [0.4, 0.5) is 4.79 Å². The van der Waals surface area contributed by atoms with Crippen LogP contribution in [0.3, 0.4) is 0 Å². The predicted molar refractivity (Wildman–Crippen MR) is 99.8 cm³/mol. The first-order valence-corrected chi connectivity index (χ1v) is 9.44. The van der Waals surface area contributed by atoms with Crippen molar-refractivity contribution in [1.82, 2.24) is 20.0 Å². The van der Waals surface area contributed by atoms with Crippen LogP contribution in [0, 0.1) is 13.8 Å². The summed E-state index contributed by atoms with van der Waals surface area (Å²) in [5, 5.41) is 7.06. The highest BCUT2D eigenvalue weighted by molar-refractivity contribution is 8.00. The van der Waals surface area contributed by atoms with Crippen molar-refractivity contribution in [2.24, 2.45) is 0 Å². The first kappa shape index (κ1) is 19.0. The van der Waals surface area contributed by atoms with E-state index < -0.39 is 24.5 Å². The number of carbonyl (C=O) groups excluding carboxylic acids is 3. The zero-order valence-corrected chi connectivity index (χ0v) is 15.9. The minimum Gasteiger partial charge on any atom is -0.455 e. The number of benzene rings is 1. The number of esters is 1. The SMILES string of the molecule is Cc1nn(-c2ccccc2)c(C)c1SCC(=O)OCC(=O)N1CCNC1=O. The van der Waals surface area contributed by atoms with Gasteiger partial charge >= 0.3 is 12.0 Å². The number of rotatable bonds is 6. The number of aryl methyl sites for hydroxylation is 1. The van der Waals surface area contributed by atoms with Crippen molar-refractivity contribution < 1.29 is 19.1 Å². The number of imide groups is 1. The Labute approximate surface area is 160 Å². The summed E-state index contributed by atoms with van der Waals surface area (Å²) in [4.78, 5) is 37.2. The number of hydrogen-bond acceptors (Lipinski definition) is 6. The van der Waals surface area contributed by atoms with Gasteiger partial charge in [-0.05, 0) is 26.0 Å². The Balaban J connectivity index is 1.55. The molecule has 3 amide bonds. The summed E-state index contributed by atoms with van der Waals surface area (Å²) in [5.74, 6) is -0.978. The molecule has 8 nitrogen and oxygen atoms in total. The number of amides is 3. The summed E-state index contributed by atoms with van der Waals surface area (Å²) in [5.41, 5.74) is 2.70. The molecular weight excluding hydrogens is 368 g/mol. The fourth-order valence-corrected chi connectivity index (χ4v) is 3.65. The third-order valence-corrected chi connectivity index (χ3v) is 5.33. The number of urea groups is 1. The third-order valence-electron chi connectivity index (χ3n) is 4.07. The second-order valence-corrected chi connectivity index (χ2v) is 6.96. The normalized spacial score (nSPS) is 13.6. The van der Waals surface area contributed by atoms with Gasteiger partial charge in [0.2, 0.25) is 0 Å². The first-order chi connectivity index (χ1) is 13.0. The highest BCUT2D eigenvalue weighted by Crippen LogP contribution is 2.27. The summed E-state index contributed by atoms with van der Waals surface area (Å²) < 4.78 is 6.83. The zero-order valence-electron chi connectivity index (χ0n) is 15.1. The Bertz CT molecular complexity index is 866. The quantitative estimate of drug-likeness (QED) is 0.598. The van der Waals surface area contributed by atoms with E-state index >= 15 is 0 Å². The summed E-state index contributed by atoms with van der Waals surface area (Å²) >= 11 is 1.32. The third kappa shape index (κ3) is 4.30. The Morgan fingerprint density at radius 3 is 2.67 bits per heavy atom. The van der Waals surface area contributed by atoms with Gasteiger partial charge in [-0.25, -0.2) is 9.48 Å². The second-order valence-electron chi connectivity index (χ2n) is 5.97. The molecular formula is C18H20N4O4S. The fraction of sp³-hybridized carbons (Fsp3) is 0.333. The van der Waals surface area contributed by atoms with Crippen molar-refractivity contribution in [2.75, 3.05) is 25.4 Å². The number of nitrogens with zero attached hydrogens (tertiary/aromatic N) is 3. The summed E-state index contributed by atoms with van der Waals surface area (Å²) in [7, 11) is 0. The van der Waals surface area contributed by atoms with E-state index in [1.165, 1.54) is 11.8 Å². The van der Waals surface area contributed by atoms with E-state index in [2.05, 4.69) is 10.4 Å². The summed E-state index contributed by atoms with van der Waals surface area (Å²) in [6.45, 7) is 4.10. The van der Waals surface area contributed by atoms with Gasteiger partial charge in [-0.2, -0.15) is 5.10 Å². The molecule has 2 aromatic rings. The van der Waals surface area contributed by atoms with E-state index in [0.717, 1.165) is 26.9 Å². The van der Waals surface area contributed by atoms with E-state index in [-0.39, 0.29) is 5.75 Å². The van der Waals surface area contributed by atoms with Gasteiger partial charge in [-0.15, -0.1) is 11.8 Å². The van der Waals surface area contributed by atoms with Gasteiger partial charge in [-0.3, -0.25) is 14.5 Å². The lowest BCUT2D eigenvalue weighted by Crippen LogP contribution is -2.37. The van der Waals surface area contributed by atoms with Crippen molar-refractivity contribution in [3.05, 3.63) is 41.7 Å². The highest BCUT2D eigenvalue weighted by atomic mass is 32.2. The van der Waals surface area contributed by atoms with Crippen LogP contribution >= 0.6 is 11.8 Å². The van der Waals surface area contributed by atoms with Crippen molar-refractivity contribution in [3.63, 3.8) is 0 Å². The summed E-state index contributed by atoms with van der Waals surface area (Å²) in [6.07, 6.45) is 0. The number of thioether (sulfide) groups is 1. The predicted octanol–water partition coefficient (Wildman–Crippen LogP) is 1.68. The monoisotopic (exact) mass is 388 g/mol. The van der Waals surface area contributed by atoms with Gasteiger partial charge in [0.15, 0.2) is 6.61 Å². The minimum absolute atomic E-state index is 0.0572. The number of para-hydroxylation sites is 1. The van der Waals surface area contributed by atoms with Crippen LogP contribution in [0.5, 0.6) is 0 Å². The average Bonchev–Trinajstić information content (AvgIpc) is 3.22. The number of nitrogens with one attached hydrogen (secondary N) is 1. The smallest absolute Gasteiger partial charge is 0.324 e. The summed E-state index contributed by atoms with van der Waals surface area (Å²) in [6, 6.07) is 9.28. The lowest BCUT2D eigenvalue weighted by Gasteiger charge is -2.12. The molecule has 0 aliphatic carbocycles. The van der Waals surface area contributed by atoms with E-state index in [9.17, 15) is 14.4 Å². The van der Waals surface area contributed by atoms with Gasteiger partial charge in [0.25, 0.3) is 5.91 Å². The molecule has 1 fully saturated rings. The van der Waals surface area contributed by atoms with Gasteiger partial charge < -0.3 is 10.1 Å². The molecule has 9 heteroatoms. The molecule has 0 spiro atoms. The van der Waals surface area contributed by atoms with Crippen LogP contribution in [0.25, 0.3) is 5.69 Å². The molecule has 1 N–H and O–H groups in total. The van der Waals surface area contributed by atoms with Crippen LogP contribution in [0.1, 0.15) is 11.4 Å². The molecule has 0 atom stereocenters. The molecule has 27 heavy (non-hydrogen) atoms. The maximum absolute atomic E-state index is 12.0. The van der Waals surface area contributed by atoms with Crippen LogP contribution < -0.4 is 5.32 Å². The van der Waals surface area contributed by atoms with E-state index in [4.69, 9.17) is 4.74 Å². The average molecular weight is 388 g/mol. The molecule has 3 rings (SSSR count). The Morgan fingerprint density at radius 1 is 1.26 bits per heavy atom. The maximum Gasteiger partial charge on any atom is 0.324 e. The second kappa shape index (κ2) is 8.26. The topological polar surface area (TPSA) is 93.5 Å². The van der Waals surface area contributed by atoms with Crippen molar-refractivity contribution in [2.45, 2.75) is 18.7 Å². The number of aromatic nitrogens is 2. The number of carbonyl (C=O) groups is 3. The van der Waals surface area contributed by atoms with Crippen LogP contribution in [-0.2, 0) is 14.3 Å². The van der Waals surface area contributed by atoms with E-state index in [0.29, 0.717) is 13.1 Å². The number of hydrogen-bond donors (Lipinski definition) is 1. The number of ether oxygens (including phenoxy) is 1. The van der Waals surface area contributed by atoms with Crippen molar-refractivity contribution in [3.8, 4) is 5.69 Å². The minimum atomic E-state index is -0.521. The van der Waals surface area contributed by atoms with E-state index in [1.54, 1.807) is 0 Å². The molecule has 142 valence electrons. The molecule has 1 aromatic heterocycles. The highest BCUT2D eigenvalue weighted by Gasteiger charge is 2.26. The Morgan fingerprint density at radius 2 is 2.00 bits per heavy atom. The first-order valence-electron chi connectivity index (χ1n) is 8.45. The fourth-order valence-electron chi connectivity index (χ4n) is 2.76. The molecule has 2 heterocycles. The van der Waals surface area contributed by atoms with Crippen molar-refractivity contribution in [1.29, 1.82) is 0 Å². The largest absolute Gasteiger partial charge is 0.455 e. The van der Waals surface area contributed by atoms with Crippen LogP contribution in [0.2, 0.25) is 0 Å². The van der Waals surface area contributed by atoms with Gasteiger partial charge in [0, 0.05) is 13.1 Å². The van der Waals surface area contributed by atoms with Crippen LogP contribution in [0.15, 0.2) is 35.2 Å². The zero-order chi connectivity index (χ0) is 19.4. The van der Waals surface area contributed by atoms with Crippen molar-refractivity contribution >= 4 is 29.7 Å². The van der Waals surface area contributed by atoms with Gasteiger partial charge in [0.1, 0.15) is 0 Å². The molecule has 0 bridgehead atoms. The Hall–Kier alpha value is -2.81. The maximum atomic E-state index is 12.0. The molecule has 0 saturated carbocycles. The molecule has 1 saturated heterocycles. The molecule has 1 aromatic carbocycles. The Kier molecular flexibility index (Phi) is 5.80. The molecule has 1 aliphatic heterocycles. The van der Waals surface area contributed by atoms with Crippen LogP contribution in [-0.4, -0.2) is 58.0 Å². The molecule has 0 radical (unpaired) electrons. The molecule has 0 unspecified atom stereocenters. The standard InChI is InChI=1S/C18H20N4O4S/c1-12-17(13(2)22(20-12)14-6-4-3-5-7-14)27-11-16(24)26-10-15(23)21-9-8-19-18(21)25/h3-7H,8-11H2,1-2H3,(H,19,25). The lowest BCUT2D eigenvalue weighted by molar-refractivity contribution is -0.148.